The van der Waals surface area contributed by atoms with E-state index in [-0.39, 0.29) is 26.1 Å². The van der Waals surface area contributed by atoms with Gasteiger partial charge in [-0.25, -0.2) is 0 Å². The minimum atomic E-state index is -0.333. The van der Waals surface area contributed by atoms with E-state index >= 15 is 0 Å². The molecule has 56 valence electrons. The van der Waals surface area contributed by atoms with Gasteiger partial charge in [0.25, 0.3) is 0 Å². The summed E-state index contributed by atoms with van der Waals surface area (Å²) in [5.41, 5.74) is 0. The molecule has 0 heterocycles. The van der Waals surface area contributed by atoms with Gasteiger partial charge in [-0.15, -0.1) is 0 Å². The lowest BCUT2D eigenvalue weighted by Crippen LogP contribution is -2.22. The van der Waals surface area contributed by atoms with Gasteiger partial charge in [0.2, 0.25) is 0 Å². The molecule has 4 nitrogen and oxygen atoms in total. The lowest BCUT2D eigenvalue weighted by molar-refractivity contribution is -0.0665. The SMILES string of the molecule is COC(CO)COCO. The highest BCUT2D eigenvalue weighted by Crippen LogP contribution is 1.87. The zero-order chi connectivity index (χ0) is 7.11. The fourth-order valence-corrected chi connectivity index (χ4v) is 0.379. The number of hydrogen-bond acceptors (Lipinski definition) is 4. The van der Waals surface area contributed by atoms with Crippen LogP contribution in [-0.4, -0.2) is 43.4 Å². The summed E-state index contributed by atoms with van der Waals surface area (Å²) in [5.74, 6) is 0. The van der Waals surface area contributed by atoms with Gasteiger partial charge in [0.15, 0.2) is 0 Å². The van der Waals surface area contributed by atoms with E-state index in [0.717, 1.165) is 0 Å². The fourth-order valence-electron chi connectivity index (χ4n) is 0.379. The molecule has 0 aromatic heterocycles. The number of methoxy groups -OCH3 is 1. The normalized spacial score (nSPS) is 13.7. The highest BCUT2D eigenvalue weighted by molar-refractivity contribution is 4.50. The van der Waals surface area contributed by atoms with Crippen LogP contribution in [0, 0.1) is 0 Å². The molecule has 0 fully saturated rings. The van der Waals surface area contributed by atoms with Gasteiger partial charge in [-0.3, -0.25) is 0 Å². The van der Waals surface area contributed by atoms with Crippen molar-refractivity contribution in [3.05, 3.63) is 0 Å². The maximum absolute atomic E-state index is 8.47. The summed E-state index contributed by atoms with van der Waals surface area (Å²) >= 11 is 0. The molecule has 1 atom stereocenters. The van der Waals surface area contributed by atoms with E-state index in [0.29, 0.717) is 0 Å². The first-order valence-electron chi connectivity index (χ1n) is 2.67. The Labute approximate surface area is 54.0 Å². The summed E-state index contributed by atoms with van der Waals surface area (Å²) in [4.78, 5) is 0. The Morgan fingerprint density at radius 2 is 2.11 bits per heavy atom. The van der Waals surface area contributed by atoms with Crippen molar-refractivity contribution >= 4 is 0 Å². The van der Waals surface area contributed by atoms with Crippen LogP contribution in [0.3, 0.4) is 0 Å². The highest BCUT2D eigenvalue weighted by atomic mass is 16.6. The van der Waals surface area contributed by atoms with E-state index in [2.05, 4.69) is 4.74 Å². The van der Waals surface area contributed by atoms with Crippen LogP contribution in [0.15, 0.2) is 0 Å². The molecule has 0 radical (unpaired) electrons. The third-order valence-corrected chi connectivity index (χ3v) is 0.932. The standard InChI is InChI=1S/C5H12O4/c1-8-5(2-6)3-9-4-7/h5-7H,2-4H2,1H3. The first kappa shape index (κ1) is 8.84. The Morgan fingerprint density at radius 3 is 2.44 bits per heavy atom. The molecule has 9 heavy (non-hydrogen) atoms. The van der Waals surface area contributed by atoms with Crippen molar-refractivity contribution in [2.75, 3.05) is 27.1 Å². The lowest BCUT2D eigenvalue weighted by Gasteiger charge is -2.10. The van der Waals surface area contributed by atoms with Crippen LogP contribution in [0.5, 0.6) is 0 Å². The molecule has 1 unspecified atom stereocenters. The molecular formula is C5H12O4. The Morgan fingerprint density at radius 1 is 1.44 bits per heavy atom. The second-order valence-corrected chi connectivity index (χ2v) is 1.54. The Kier molecular flexibility index (Phi) is 5.86. The number of aliphatic hydroxyl groups excluding tert-OH is 2. The summed E-state index contributed by atoms with van der Waals surface area (Å²) in [6, 6.07) is 0. The summed E-state index contributed by atoms with van der Waals surface area (Å²) in [6.07, 6.45) is -0.322. The van der Waals surface area contributed by atoms with Crippen molar-refractivity contribution in [2.45, 2.75) is 6.10 Å². The zero-order valence-electron chi connectivity index (χ0n) is 5.41. The van der Waals surface area contributed by atoms with Crippen molar-refractivity contribution in [1.29, 1.82) is 0 Å². The largest absolute Gasteiger partial charge is 0.394 e. The Balaban J connectivity index is 3.09. The molecule has 2 N–H and O–H groups in total. The van der Waals surface area contributed by atoms with E-state index in [9.17, 15) is 0 Å². The second-order valence-electron chi connectivity index (χ2n) is 1.54. The van der Waals surface area contributed by atoms with Crippen molar-refractivity contribution in [3.63, 3.8) is 0 Å². The maximum Gasteiger partial charge on any atom is 0.143 e. The van der Waals surface area contributed by atoms with Crippen molar-refractivity contribution in [2.24, 2.45) is 0 Å². The zero-order valence-corrected chi connectivity index (χ0v) is 5.41. The van der Waals surface area contributed by atoms with Crippen molar-refractivity contribution in [3.8, 4) is 0 Å². The average Bonchev–Trinajstić information content (AvgIpc) is 1.91. The number of aliphatic hydroxyl groups is 2. The Bertz CT molecular complexity index is 52.9. The summed E-state index contributed by atoms with van der Waals surface area (Å²) < 4.78 is 9.26. The van der Waals surface area contributed by atoms with Gasteiger partial charge in [0.1, 0.15) is 12.9 Å². The van der Waals surface area contributed by atoms with Gasteiger partial charge in [-0.1, -0.05) is 0 Å². The quantitative estimate of drug-likeness (QED) is 0.474. The first-order valence-corrected chi connectivity index (χ1v) is 2.67. The fraction of sp³-hybridized carbons (Fsp3) is 1.00. The number of hydrogen-bond donors (Lipinski definition) is 2. The molecule has 0 rings (SSSR count). The molecule has 0 aromatic carbocycles. The van der Waals surface area contributed by atoms with E-state index < -0.39 is 0 Å². The number of rotatable bonds is 5. The van der Waals surface area contributed by atoms with Gasteiger partial charge in [-0.05, 0) is 0 Å². The van der Waals surface area contributed by atoms with Crippen LogP contribution in [0.4, 0.5) is 0 Å². The molecule has 0 saturated heterocycles. The van der Waals surface area contributed by atoms with Crippen LogP contribution >= 0.6 is 0 Å². The molecule has 0 bridgehead atoms. The molecule has 0 aliphatic heterocycles. The van der Waals surface area contributed by atoms with Crippen molar-refractivity contribution < 1.29 is 19.7 Å². The van der Waals surface area contributed by atoms with Gasteiger partial charge in [0.05, 0.1) is 13.2 Å². The Hall–Kier alpha value is -0.160. The van der Waals surface area contributed by atoms with Crippen LogP contribution in [0.25, 0.3) is 0 Å². The van der Waals surface area contributed by atoms with E-state index in [4.69, 9.17) is 14.9 Å². The summed E-state index contributed by atoms with van der Waals surface area (Å²) in [5, 5.41) is 16.6. The van der Waals surface area contributed by atoms with Gasteiger partial charge >= 0.3 is 0 Å². The first-order chi connectivity index (χ1) is 4.35. The van der Waals surface area contributed by atoms with E-state index in [1.54, 1.807) is 0 Å². The van der Waals surface area contributed by atoms with Gasteiger partial charge in [0, 0.05) is 7.11 Å². The molecule has 0 amide bonds. The third kappa shape index (κ3) is 4.35. The topological polar surface area (TPSA) is 58.9 Å². The monoisotopic (exact) mass is 136 g/mol. The average molecular weight is 136 g/mol. The molecule has 0 aromatic rings. The third-order valence-electron chi connectivity index (χ3n) is 0.932. The van der Waals surface area contributed by atoms with Crippen LogP contribution in [-0.2, 0) is 9.47 Å². The predicted molar refractivity (Wildman–Crippen MR) is 30.9 cm³/mol. The van der Waals surface area contributed by atoms with Gasteiger partial charge < -0.3 is 19.7 Å². The molecule has 0 aliphatic rings. The van der Waals surface area contributed by atoms with E-state index in [1.165, 1.54) is 7.11 Å². The van der Waals surface area contributed by atoms with Gasteiger partial charge in [-0.2, -0.15) is 0 Å². The lowest BCUT2D eigenvalue weighted by atomic mass is 10.4. The molecule has 0 saturated carbocycles. The summed E-state index contributed by atoms with van der Waals surface area (Å²) in [7, 11) is 1.47. The molecule has 0 spiro atoms. The maximum atomic E-state index is 8.47. The summed E-state index contributed by atoms with van der Waals surface area (Å²) in [6.45, 7) is -0.195. The molecular weight excluding hydrogens is 124 g/mol. The minimum Gasteiger partial charge on any atom is -0.394 e. The molecule has 0 aliphatic carbocycles. The van der Waals surface area contributed by atoms with Crippen molar-refractivity contribution in [1.82, 2.24) is 0 Å². The van der Waals surface area contributed by atoms with Crippen LogP contribution in [0.2, 0.25) is 0 Å². The van der Waals surface area contributed by atoms with Crippen LogP contribution < -0.4 is 0 Å². The highest BCUT2D eigenvalue weighted by Gasteiger charge is 2.03. The predicted octanol–water partition coefficient (Wildman–Crippen LogP) is -1.04. The minimum absolute atomic E-state index is 0.0868. The van der Waals surface area contributed by atoms with Crippen LogP contribution in [0.1, 0.15) is 0 Å². The molecule has 4 heteroatoms. The van der Waals surface area contributed by atoms with E-state index in [1.807, 2.05) is 0 Å². The number of ether oxygens (including phenoxy) is 2. The smallest absolute Gasteiger partial charge is 0.143 e. The second kappa shape index (κ2) is 5.97.